The van der Waals surface area contributed by atoms with Crippen LogP contribution >= 0.6 is 0 Å². The Morgan fingerprint density at radius 1 is 0.743 bits per heavy atom. The fraction of sp³-hybridized carbons (Fsp3) is 0.138. The van der Waals surface area contributed by atoms with Gasteiger partial charge in [0.15, 0.2) is 6.54 Å². The molecule has 1 aliphatic rings. The third kappa shape index (κ3) is 5.88. The van der Waals surface area contributed by atoms with Crippen molar-refractivity contribution in [2.45, 2.75) is 26.3 Å². The second kappa shape index (κ2) is 10.7. The first kappa shape index (κ1) is 24.5. The van der Waals surface area contributed by atoms with Crippen LogP contribution in [-0.4, -0.2) is 7.25 Å². The average molecular weight is 475 g/mol. The van der Waals surface area contributed by atoms with E-state index in [0.717, 1.165) is 19.4 Å². The summed E-state index contributed by atoms with van der Waals surface area (Å²) in [5, 5.41) is 0. The van der Waals surface area contributed by atoms with E-state index in [1.165, 1.54) is 44.8 Å². The third-order valence-corrected chi connectivity index (χ3v) is 6.05. The van der Waals surface area contributed by atoms with Crippen molar-refractivity contribution >= 4 is 7.25 Å². The molecule has 0 fully saturated rings. The highest BCUT2D eigenvalue weighted by atomic mass is 19.5. The summed E-state index contributed by atoms with van der Waals surface area (Å²) < 4.78 is 41.5. The molecule has 0 radical (unpaired) electrons. The number of aryl methyl sites for hydroxylation is 1. The largest absolute Gasteiger partial charge is 0.673 e. The second-order valence-electron chi connectivity index (χ2n) is 8.33. The second-order valence-corrected chi connectivity index (χ2v) is 8.33. The summed E-state index contributed by atoms with van der Waals surface area (Å²) >= 11 is 0. The summed E-state index contributed by atoms with van der Waals surface area (Å²) in [4.78, 5) is 0. The Kier molecular flexibility index (Phi) is 7.50. The van der Waals surface area contributed by atoms with Crippen LogP contribution in [0.25, 0.3) is 33.6 Å². The molecule has 0 bridgehead atoms. The molecule has 3 aromatic carbocycles. The summed E-state index contributed by atoms with van der Waals surface area (Å²) in [5.74, 6) is 0. The SMILES string of the molecule is C/C=C/C[n+]1c(-c2ccccc2)cc(-c2ccccc2)c2c1-c1ccccc1CC2.F[B-](F)(F)F. The third-order valence-electron chi connectivity index (χ3n) is 6.05. The van der Waals surface area contributed by atoms with E-state index in [-0.39, 0.29) is 0 Å². The van der Waals surface area contributed by atoms with Gasteiger partial charge in [-0.3, -0.25) is 0 Å². The molecule has 0 amide bonds. The van der Waals surface area contributed by atoms with Crippen molar-refractivity contribution in [3.63, 3.8) is 0 Å². The Balaban J connectivity index is 0.000000527. The van der Waals surface area contributed by atoms with E-state index in [1.807, 2.05) is 0 Å². The van der Waals surface area contributed by atoms with E-state index in [1.54, 1.807) is 0 Å². The average Bonchev–Trinajstić information content (AvgIpc) is 2.86. The number of rotatable bonds is 4. The number of benzene rings is 3. The Bertz CT molecular complexity index is 1310. The highest BCUT2D eigenvalue weighted by Crippen LogP contribution is 2.39. The van der Waals surface area contributed by atoms with Gasteiger partial charge in [-0.2, -0.15) is 4.57 Å². The molecule has 6 heteroatoms. The molecule has 0 saturated heterocycles. The van der Waals surface area contributed by atoms with Gasteiger partial charge in [-0.15, -0.1) is 0 Å². The topological polar surface area (TPSA) is 3.88 Å². The van der Waals surface area contributed by atoms with Gasteiger partial charge in [-0.25, -0.2) is 0 Å². The zero-order chi connectivity index (χ0) is 24.8. The van der Waals surface area contributed by atoms with Crippen LogP contribution < -0.4 is 4.57 Å². The van der Waals surface area contributed by atoms with Gasteiger partial charge in [0, 0.05) is 22.8 Å². The highest BCUT2D eigenvalue weighted by molar-refractivity contribution is 6.50. The lowest BCUT2D eigenvalue weighted by Crippen LogP contribution is -2.40. The van der Waals surface area contributed by atoms with E-state index in [4.69, 9.17) is 0 Å². The predicted octanol–water partition coefficient (Wildman–Crippen LogP) is 7.95. The van der Waals surface area contributed by atoms with E-state index in [9.17, 15) is 17.3 Å². The van der Waals surface area contributed by atoms with Crippen LogP contribution in [0.5, 0.6) is 0 Å². The Labute approximate surface area is 203 Å². The summed E-state index contributed by atoms with van der Waals surface area (Å²) in [5.41, 5.74) is 10.8. The number of aromatic nitrogens is 1. The van der Waals surface area contributed by atoms with E-state index >= 15 is 0 Å². The summed E-state index contributed by atoms with van der Waals surface area (Å²) in [6.07, 6.45) is 6.57. The summed E-state index contributed by atoms with van der Waals surface area (Å²) in [6.45, 7) is 2.97. The zero-order valence-corrected chi connectivity index (χ0v) is 19.5. The summed E-state index contributed by atoms with van der Waals surface area (Å²) in [6, 6.07) is 33.0. The predicted molar refractivity (Wildman–Crippen MR) is 135 cm³/mol. The highest BCUT2D eigenvalue weighted by Gasteiger charge is 2.31. The maximum Gasteiger partial charge on any atom is 0.673 e. The Morgan fingerprint density at radius 2 is 1.31 bits per heavy atom. The standard InChI is InChI=1S/C29H26N.BF4/c1-2-3-20-30-28(24-15-8-5-9-16-24)21-27(22-12-6-4-7-13-22)26-19-18-23-14-10-11-17-25(23)29(26)30;2-1(3,4)5/h2-17,21H,18-20H2,1H3;/q+1;-1/b3-2+;. The fourth-order valence-corrected chi connectivity index (χ4v) is 4.63. The van der Waals surface area contributed by atoms with Gasteiger partial charge in [0.2, 0.25) is 11.4 Å². The van der Waals surface area contributed by atoms with E-state index in [2.05, 4.69) is 115 Å². The molecule has 1 heterocycles. The number of pyridine rings is 1. The molecule has 0 aliphatic heterocycles. The smallest absolute Gasteiger partial charge is 0.418 e. The molecule has 1 nitrogen and oxygen atoms in total. The van der Waals surface area contributed by atoms with Crippen molar-refractivity contribution < 1.29 is 21.8 Å². The monoisotopic (exact) mass is 475 g/mol. The van der Waals surface area contributed by atoms with Crippen LogP contribution in [0, 0.1) is 0 Å². The van der Waals surface area contributed by atoms with Crippen molar-refractivity contribution in [2.24, 2.45) is 0 Å². The molecule has 1 aliphatic carbocycles. The number of allylic oxidation sites excluding steroid dienone is 2. The minimum Gasteiger partial charge on any atom is -0.418 e. The fourth-order valence-electron chi connectivity index (χ4n) is 4.63. The van der Waals surface area contributed by atoms with Crippen LogP contribution in [-0.2, 0) is 19.4 Å². The molecule has 178 valence electrons. The molecule has 0 N–H and O–H groups in total. The number of fused-ring (bicyclic) bond motifs is 3. The maximum absolute atomic E-state index is 9.75. The molecule has 0 atom stereocenters. The molecule has 35 heavy (non-hydrogen) atoms. The molecule has 0 spiro atoms. The molecule has 0 unspecified atom stereocenters. The van der Waals surface area contributed by atoms with Crippen LogP contribution in [0.3, 0.4) is 0 Å². The number of hydrogen-bond donors (Lipinski definition) is 0. The molecule has 1 aromatic heterocycles. The van der Waals surface area contributed by atoms with Crippen LogP contribution in [0.1, 0.15) is 18.1 Å². The van der Waals surface area contributed by atoms with Crippen molar-refractivity contribution in [3.8, 4) is 33.6 Å². The van der Waals surface area contributed by atoms with Gasteiger partial charge >= 0.3 is 7.25 Å². The Morgan fingerprint density at radius 3 is 1.94 bits per heavy atom. The maximum atomic E-state index is 9.75. The van der Waals surface area contributed by atoms with Crippen LogP contribution in [0.15, 0.2) is 103 Å². The number of hydrogen-bond acceptors (Lipinski definition) is 0. The first-order chi connectivity index (χ1) is 16.9. The van der Waals surface area contributed by atoms with Crippen molar-refractivity contribution in [2.75, 3.05) is 0 Å². The lowest BCUT2D eigenvalue weighted by atomic mass is 9.83. The quantitative estimate of drug-likeness (QED) is 0.122. The summed E-state index contributed by atoms with van der Waals surface area (Å²) in [7, 11) is -6.00. The number of halogens is 4. The van der Waals surface area contributed by atoms with Crippen molar-refractivity contribution in [1.82, 2.24) is 0 Å². The Hall–Kier alpha value is -3.67. The van der Waals surface area contributed by atoms with Gasteiger partial charge in [0.25, 0.3) is 0 Å². The molecule has 0 saturated carbocycles. The molecular weight excluding hydrogens is 449 g/mol. The van der Waals surface area contributed by atoms with Gasteiger partial charge in [0.1, 0.15) is 0 Å². The van der Waals surface area contributed by atoms with Crippen LogP contribution in [0.2, 0.25) is 0 Å². The zero-order valence-electron chi connectivity index (χ0n) is 19.5. The minimum atomic E-state index is -6.00. The van der Waals surface area contributed by atoms with Crippen LogP contribution in [0.4, 0.5) is 17.3 Å². The lowest BCUT2D eigenvalue weighted by molar-refractivity contribution is -0.665. The van der Waals surface area contributed by atoms with Gasteiger partial charge < -0.3 is 17.3 Å². The van der Waals surface area contributed by atoms with Gasteiger partial charge in [0.05, 0.1) is 0 Å². The molecular formula is C29H26BF4N. The first-order valence-corrected chi connectivity index (χ1v) is 11.6. The first-order valence-electron chi connectivity index (χ1n) is 11.6. The van der Waals surface area contributed by atoms with Crippen molar-refractivity contribution in [1.29, 1.82) is 0 Å². The van der Waals surface area contributed by atoms with E-state index < -0.39 is 7.25 Å². The molecule has 4 aromatic rings. The molecule has 5 rings (SSSR count). The van der Waals surface area contributed by atoms with Gasteiger partial charge in [-0.05, 0) is 60.7 Å². The van der Waals surface area contributed by atoms with Crippen molar-refractivity contribution in [3.05, 3.63) is 114 Å². The van der Waals surface area contributed by atoms with E-state index in [0.29, 0.717) is 0 Å². The minimum absolute atomic E-state index is 0.868. The normalized spacial score (nSPS) is 12.5. The number of nitrogens with zero attached hydrogens (tertiary/aromatic N) is 1. The van der Waals surface area contributed by atoms with Gasteiger partial charge in [-0.1, -0.05) is 72.8 Å². The lowest BCUT2D eigenvalue weighted by Gasteiger charge is -2.22.